The molecule has 188 valence electrons. The molecule has 0 saturated carbocycles. The molecule has 7 nitrogen and oxygen atoms in total. The molecule has 1 aliphatic heterocycles. The summed E-state index contributed by atoms with van der Waals surface area (Å²) in [6.45, 7) is 5.44. The summed E-state index contributed by atoms with van der Waals surface area (Å²) in [5, 5.41) is 0. The summed E-state index contributed by atoms with van der Waals surface area (Å²) >= 11 is 0. The molecule has 2 N–H and O–H groups in total. The SMILES string of the molecule is CC(C)(C)OC(=O)N(CC(=O)N1CCCC(c2cccc(C(N)=O)c2)C1)Cc1ccc(F)cc1F. The van der Waals surface area contributed by atoms with Crippen LogP contribution in [0.25, 0.3) is 0 Å². The molecule has 0 bridgehead atoms. The molecule has 3 rings (SSSR count). The Hall–Kier alpha value is -3.49. The van der Waals surface area contributed by atoms with Crippen molar-refractivity contribution in [2.24, 2.45) is 5.73 Å². The second kappa shape index (κ2) is 10.8. The van der Waals surface area contributed by atoms with Gasteiger partial charge < -0.3 is 15.4 Å². The van der Waals surface area contributed by atoms with Crippen molar-refractivity contribution >= 4 is 17.9 Å². The fourth-order valence-corrected chi connectivity index (χ4v) is 4.05. The van der Waals surface area contributed by atoms with E-state index in [0.717, 1.165) is 35.4 Å². The topological polar surface area (TPSA) is 92.9 Å². The van der Waals surface area contributed by atoms with E-state index in [4.69, 9.17) is 10.5 Å². The number of halogens is 2. The maximum absolute atomic E-state index is 14.3. The molecule has 1 atom stereocenters. The molecule has 2 aromatic carbocycles. The third-order valence-corrected chi connectivity index (χ3v) is 5.77. The van der Waals surface area contributed by atoms with E-state index in [1.807, 2.05) is 6.07 Å². The Morgan fingerprint density at radius 2 is 1.89 bits per heavy atom. The van der Waals surface area contributed by atoms with Crippen molar-refractivity contribution in [2.45, 2.75) is 51.7 Å². The van der Waals surface area contributed by atoms with Gasteiger partial charge in [-0.15, -0.1) is 0 Å². The van der Waals surface area contributed by atoms with Gasteiger partial charge in [-0.25, -0.2) is 13.6 Å². The minimum atomic E-state index is -0.818. The zero-order chi connectivity index (χ0) is 25.8. The van der Waals surface area contributed by atoms with Gasteiger partial charge >= 0.3 is 6.09 Å². The van der Waals surface area contributed by atoms with Gasteiger partial charge in [-0.05, 0) is 57.4 Å². The van der Waals surface area contributed by atoms with E-state index < -0.39 is 29.2 Å². The maximum Gasteiger partial charge on any atom is 0.411 e. The van der Waals surface area contributed by atoms with Crippen molar-refractivity contribution in [3.05, 3.63) is 70.8 Å². The first-order valence-corrected chi connectivity index (χ1v) is 11.5. The monoisotopic (exact) mass is 487 g/mol. The number of carbonyl (C=O) groups excluding carboxylic acids is 3. The summed E-state index contributed by atoms with van der Waals surface area (Å²) in [6, 6.07) is 10.1. The number of benzene rings is 2. The van der Waals surface area contributed by atoms with Gasteiger partial charge in [-0.3, -0.25) is 14.5 Å². The molecule has 9 heteroatoms. The van der Waals surface area contributed by atoms with Crippen LogP contribution in [0.3, 0.4) is 0 Å². The summed E-state index contributed by atoms with van der Waals surface area (Å²) in [5.41, 5.74) is 5.97. The Bertz CT molecular complexity index is 1100. The van der Waals surface area contributed by atoms with Crippen molar-refractivity contribution in [2.75, 3.05) is 19.6 Å². The molecule has 3 amide bonds. The third-order valence-electron chi connectivity index (χ3n) is 5.77. The van der Waals surface area contributed by atoms with Crippen LogP contribution in [-0.4, -0.2) is 52.9 Å². The van der Waals surface area contributed by atoms with Gasteiger partial charge in [0.1, 0.15) is 23.8 Å². The van der Waals surface area contributed by atoms with Crippen molar-refractivity contribution in [3.63, 3.8) is 0 Å². The molecular weight excluding hydrogens is 456 g/mol. The van der Waals surface area contributed by atoms with Gasteiger partial charge in [0.15, 0.2) is 0 Å². The Balaban J connectivity index is 1.76. The summed E-state index contributed by atoms with van der Waals surface area (Å²) in [4.78, 5) is 40.4. The number of primary amides is 1. The molecule has 0 aliphatic carbocycles. The van der Waals surface area contributed by atoms with E-state index in [2.05, 4.69) is 0 Å². The zero-order valence-electron chi connectivity index (χ0n) is 20.2. The summed E-state index contributed by atoms with van der Waals surface area (Å²) in [5.74, 6) is -2.36. The fourth-order valence-electron chi connectivity index (χ4n) is 4.05. The van der Waals surface area contributed by atoms with Crippen LogP contribution in [0.15, 0.2) is 42.5 Å². The number of ether oxygens (including phenoxy) is 1. The fraction of sp³-hybridized carbons (Fsp3) is 0.423. The summed E-state index contributed by atoms with van der Waals surface area (Å²) in [6.07, 6.45) is 0.816. The molecular formula is C26H31F2N3O4. The smallest absolute Gasteiger partial charge is 0.411 e. The number of rotatable bonds is 6. The van der Waals surface area contributed by atoms with Crippen LogP contribution < -0.4 is 5.73 Å². The molecule has 1 aliphatic rings. The van der Waals surface area contributed by atoms with E-state index in [1.54, 1.807) is 43.9 Å². The van der Waals surface area contributed by atoms with Gasteiger partial charge in [0, 0.05) is 36.2 Å². The molecule has 1 heterocycles. The lowest BCUT2D eigenvalue weighted by molar-refractivity contribution is -0.133. The molecule has 0 radical (unpaired) electrons. The van der Waals surface area contributed by atoms with Crippen molar-refractivity contribution in [3.8, 4) is 0 Å². The Morgan fingerprint density at radius 3 is 2.54 bits per heavy atom. The number of hydrogen-bond acceptors (Lipinski definition) is 4. The molecule has 35 heavy (non-hydrogen) atoms. The second-order valence-electron chi connectivity index (χ2n) is 9.74. The predicted molar refractivity (Wildman–Crippen MR) is 127 cm³/mol. The van der Waals surface area contributed by atoms with E-state index in [1.165, 1.54) is 6.07 Å². The quantitative estimate of drug-likeness (QED) is 0.661. The largest absolute Gasteiger partial charge is 0.444 e. The zero-order valence-corrected chi connectivity index (χ0v) is 20.2. The Morgan fingerprint density at radius 1 is 1.14 bits per heavy atom. The van der Waals surface area contributed by atoms with Crippen LogP contribution in [-0.2, 0) is 16.1 Å². The molecule has 0 spiro atoms. The van der Waals surface area contributed by atoms with Crippen molar-refractivity contribution in [1.29, 1.82) is 0 Å². The highest BCUT2D eigenvalue weighted by Gasteiger charge is 2.30. The summed E-state index contributed by atoms with van der Waals surface area (Å²) in [7, 11) is 0. The maximum atomic E-state index is 14.3. The van der Waals surface area contributed by atoms with Crippen LogP contribution in [0.5, 0.6) is 0 Å². The van der Waals surface area contributed by atoms with Crippen LogP contribution >= 0.6 is 0 Å². The first-order valence-electron chi connectivity index (χ1n) is 11.5. The van der Waals surface area contributed by atoms with Crippen LogP contribution in [0.2, 0.25) is 0 Å². The number of hydrogen-bond donors (Lipinski definition) is 1. The highest BCUT2D eigenvalue weighted by atomic mass is 19.1. The average Bonchev–Trinajstić information content (AvgIpc) is 2.79. The molecule has 2 aromatic rings. The molecule has 1 fully saturated rings. The van der Waals surface area contributed by atoms with Gasteiger partial charge in [-0.1, -0.05) is 18.2 Å². The van der Waals surface area contributed by atoms with E-state index in [9.17, 15) is 23.2 Å². The predicted octanol–water partition coefficient (Wildman–Crippen LogP) is 4.21. The van der Waals surface area contributed by atoms with Crippen molar-refractivity contribution in [1.82, 2.24) is 9.80 Å². The van der Waals surface area contributed by atoms with Gasteiger partial charge in [0.05, 0.1) is 6.54 Å². The normalized spacial score (nSPS) is 16.0. The van der Waals surface area contributed by atoms with Gasteiger partial charge in [-0.2, -0.15) is 0 Å². The first kappa shape index (κ1) is 26.1. The lowest BCUT2D eigenvalue weighted by atomic mass is 9.89. The number of amides is 3. The molecule has 0 aromatic heterocycles. The van der Waals surface area contributed by atoms with Crippen molar-refractivity contribution < 1.29 is 27.9 Å². The van der Waals surface area contributed by atoms with E-state index in [0.29, 0.717) is 18.7 Å². The second-order valence-corrected chi connectivity index (χ2v) is 9.74. The lowest BCUT2D eigenvalue weighted by Gasteiger charge is -2.35. The van der Waals surface area contributed by atoms with E-state index >= 15 is 0 Å². The standard InChI is InChI=1S/C26H31F2N3O4/c1-26(2,3)35-25(34)31(15-20-9-10-21(27)13-22(20)28)16-23(32)30-11-5-8-19(14-30)17-6-4-7-18(12-17)24(29)33/h4,6-7,9-10,12-13,19H,5,8,11,14-16H2,1-3H3,(H2,29,33). The molecule has 1 saturated heterocycles. The number of nitrogens with zero attached hydrogens (tertiary/aromatic N) is 2. The number of likely N-dealkylation sites (tertiary alicyclic amines) is 1. The van der Waals surface area contributed by atoms with Gasteiger partial charge in [0.25, 0.3) is 0 Å². The van der Waals surface area contributed by atoms with Crippen LogP contribution in [0.4, 0.5) is 13.6 Å². The third kappa shape index (κ3) is 7.24. The lowest BCUT2D eigenvalue weighted by Crippen LogP contribution is -2.47. The van der Waals surface area contributed by atoms with E-state index in [-0.39, 0.29) is 30.5 Å². The number of nitrogens with two attached hydrogens (primary N) is 1. The first-order chi connectivity index (χ1) is 16.4. The Labute approximate surface area is 203 Å². The minimum absolute atomic E-state index is 0.0107. The highest BCUT2D eigenvalue weighted by Crippen LogP contribution is 2.28. The highest BCUT2D eigenvalue weighted by molar-refractivity contribution is 5.93. The number of carbonyl (C=O) groups is 3. The Kier molecular flexibility index (Phi) is 8.09. The van der Waals surface area contributed by atoms with Gasteiger partial charge in [0.2, 0.25) is 11.8 Å². The van der Waals surface area contributed by atoms with Crippen LogP contribution in [0.1, 0.15) is 61.0 Å². The van der Waals surface area contributed by atoms with Crippen LogP contribution in [0, 0.1) is 11.6 Å². The molecule has 1 unspecified atom stereocenters. The average molecular weight is 488 g/mol. The minimum Gasteiger partial charge on any atom is -0.444 e. The summed E-state index contributed by atoms with van der Waals surface area (Å²) < 4.78 is 33.0. The number of piperidine rings is 1.